The van der Waals surface area contributed by atoms with E-state index >= 15 is 0 Å². The molecule has 1 aliphatic heterocycles. The predicted molar refractivity (Wildman–Crippen MR) is 107 cm³/mol. The zero-order valence-electron chi connectivity index (χ0n) is 15.4. The van der Waals surface area contributed by atoms with E-state index in [9.17, 15) is 9.59 Å². The summed E-state index contributed by atoms with van der Waals surface area (Å²) in [5.41, 5.74) is 8.20. The number of nitrogens with zero attached hydrogens (tertiary/aromatic N) is 2. The Labute approximate surface area is 157 Å². The molecule has 3 heterocycles. The first-order valence-corrected chi connectivity index (χ1v) is 9.37. The van der Waals surface area contributed by atoms with E-state index in [2.05, 4.69) is 35.0 Å². The van der Waals surface area contributed by atoms with Crippen molar-refractivity contribution in [3.8, 4) is 11.3 Å². The van der Waals surface area contributed by atoms with Crippen LogP contribution in [0.3, 0.4) is 0 Å². The normalized spacial score (nSPS) is 16.0. The molecule has 6 nitrogen and oxygen atoms in total. The molecule has 140 valence electrons. The summed E-state index contributed by atoms with van der Waals surface area (Å²) >= 11 is 0. The number of piperidine rings is 1. The summed E-state index contributed by atoms with van der Waals surface area (Å²) in [5, 5.41) is 1.06. The highest BCUT2D eigenvalue weighted by molar-refractivity contribution is 5.86. The van der Waals surface area contributed by atoms with Gasteiger partial charge in [0.2, 0.25) is 0 Å². The topological polar surface area (TPSA) is 84.1 Å². The highest BCUT2D eigenvalue weighted by Crippen LogP contribution is 2.24. The van der Waals surface area contributed by atoms with E-state index in [-0.39, 0.29) is 0 Å². The maximum absolute atomic E-state index is 12.5. The van der Waals surface area contributed by atoms with Crippen molar-refractivity contribution in [2.75, 3.05) is 13.1 Å². The third-order valence-corrected chi connectivity index (χ3v) is 5.44. The van der Waals surface area contributed by atoms with Gasteiger partial charge in [0, 0.05) is 23.6 Å². The molecule has 0 saturated carbocycles. The number of aromatic amines is 1. The molecule has 0 spiro atoms. The first-order chi connectivity index (χ1) is 13.0. The summed E-state index contributed by atoms with van der Waals surface area (Å²) in [6, 6.07) is 10.9. The van der Waals surface area contributed by atoms with Gasteiger partial charge in [-0.25, -0.2) is 9.36 Å². The van der Waals surface area contributed by atoms with Crippen molar-refractivity contribution in [1.29, 1.82) is 0 Å². The Morgan fingerprint density at radius 1 is 1.22 bits per heavy atom. The van der Waals surface area contributed by atoms with Crippen LogP contribution in [0.4, 0.5) is 4.79 Å². The number of aromatic nitrogens is 2. The Hall–Kier alpha value is -2.86. The highest BCUT2D eigenvalue weighted by Gasteiger charge is 2.16. The molecule has 0 atom stereocenters. The average molecular weight is 364 g/mol. The van der Waals surface area contributed by atoms with Crippen molar-refractivity contribution in [3.63, 3.8) is 0 Å². The van der Waals surface area contributed by atoms with Gasteiger partial charge in [-0.2, -0.15) is 0 Å². The molecule has 1 saturated heterocycles. The molecule has 0 unspecified atom stereocenters. The van der Waals surface area contributed by atoms with Crippen molar-refractivity contribution < 1.29 is 4.79 Å². The molecule has 1 fully saturated rings. The van der Waals surface area contributed by atoms with Gasteiger partial charge >= 0.3 is 6.03 Å². The van der Waals surface area contributed by atoms with Crippen LogP contribution in [0.1, 0.15) is 25.3 Å². The average Bonchev–Trinajstić information content (AvgIpc) is 3.06. The summed E-state index contributed by atoms with van der Waals surface area (Å²) in [6.45, 7) is 5.56. The molecule has 1 aliphatic rings. The fraction of sp³-hybridized carbons (Fsp3) is 0.333. The van der Waals surface area contributed by atoms with Gasteiger partial charge in [-0.15, -0.1) is 0 Å². The lowest BCUT2D eigenvalue weighted by molar-refractivity contribution is 0.185. The van der Waals surface area contributed by atoms with Gasteiger partial charge in [0.25, 0.3) is 5.56 Å². The Bertz CT molecular complexity index is 1040. The number of carbonyl (C=O) groups excluding carboxylic acids is 1. The molecule has 1 aromatic carbocycles. The molecule has 4 rings (SSSR count). The number of hydrogen-bond acceptors (Lipinski definition) is 3. The van der Waals surface area contributed by atoms with E-state index in [4.69, 9.17) is 5.73 Å². The first kappa shape index (κ1) is 17.5. The van der Waals surface area contributed by atoms with Crippen LogP contribution in [0.25, 0.3) is 22.2 Å². The van der Waals surface area contributed by atoms with E-state index in [1.54, 1.807) is 12.1 Å². The summed E-state index contributed by atoms with van der Waals surface area (Å²) in [4.78, 5) is 29.7. The summed E-state index contributed by atoms with van der Waals surface area (Å²) in [7, 11) is 0. The number of carbonyl (C=O) groups is 1. The van der Waals surface area contributed by atoms with Gasteiger partial charge in [0.05, 0.1) is 11.3 Å². The largest absolute Gasteiger partial charge is 0.354 e. The van der Waals surface area contributed by atoms with Crippen LogP contribution in [0, 0.1) is 5.92 Å². The van der Waals surface area contributed by atoms with Gasteiger partial charge in [0.1, 0.15) is 0 Å². The van der Waals surface area contributed by atoms with Crippen LogP contribution in [0.15, 0.2) is 47.4 Å². The molecular weight excluding hydrogens is 340 g/mol. The zero-order valence-corrected chi connectivity index (χ0v) is 15.4. The van der Waals surface area contributed by atoms with Gasteiger partial charge in [-0.05, 0) is 67.7 Å². The second-order valence-electron chi connectivity index (χ2n) is 7.50. The number of benzene rings is 1. The standard InChI is InChI=1S/C21H24N4O2/c1-14-6-9-24(10-7-14)13-15-4-5-18-16(11-15)12-19(23-18)17-3-2-8-25(20(17)26)21(22)27/h2-5,8,11-12,14,23H,6-7,9-10,13H2,1H3,(H2,22,27). The molecule has 27 heavy (non-hydrogen) atoms. The maximum atomic E-state index is 12.5. The molecule has 3 N–H and O–H groups in total. The molecule has 3 aromatic rings. The summed E-state index contributed by atoms with van der Waals surface area (Å²) < 4.78 is 0.920. The molecule has 0 radical (unpaired) electrons. The number of hydrogen-bond donors (Lipinski definition) is 2. The minimum atomic E-state index is -0.781. The van der Waals surface area contributed by atoms with Crippen LogP contribution in [0.2, 0.25) is 0 Å². The van der Waals surface area contributed by atoms with Gasteiger partial charge in [-0.1, -0.05) is 13.0 Å². The fourth-order valence-corrected chi connectivity index (χ4v) is 3.78. The number of fused-ring (bicyclic) bond motifs is 1. The number of amides is 1. The van der Waals surface area contributed by atoms with Crippen molar-refractivity contribution >= 4 is 16.9 Å². The zero-order chi connectivity index (χ0) is 19.0. The van der Waals surface area contributed by atoms with Crippen molar-refractivity contribution in [3.05, 3.63) is 58.5 Å². The number of H-pyrrole nitrogens is 1. The van der Waals surface area contributed by atoms with Crippen molar-refractivity contribution in [2.24, 2.45) is 11.7 Å². The number of nitrogens with two attached hydrogens (primary N) is 1. The van der Waals surface area contributed by atoms with Crippen molar-refractivity contribution in [2.45, 2.75) is 26.3 Å². The third kappa shape index (κ3) is 3.53. The number of nitrogens with one attached hydrogen (secondary N) is 1. The summed E-state index contributed by atoms with van der Waals surface area (Å²) in [6.07, 6.45) is 3.90. The minimum absolute atomic E-state index is 0.417. The van der Waals surface area contributed by atoms with Crippen LogP contribution < -0.4 is 11.3 Å². The van der Waals surface area contributed by atoms with Gasteiger partial charge < -0.3 is 10.7 Å². The van der Waals surface area contributed by atoms with Crippen LogP contribution in [-0.4, -0.2) is 33.6 Å². The Kier molecular flexibility index (Phi) is 4.58. The molecular formula is C21H24N4O2. The highest BCUT2D eigenvalue weighted by atomic mass is 16.2. The van der Waals surface area contributed by atoms with Gasteiger partial charge in [-0.3, -0.25) is 9.69 Å². The van der Waals surface area contributed by atoms with Gasteiger partial charge in [0.15, 0.2) is 0 Å². The van der Waals surface area contributed by atoms with Crippen molar-refractivity contribution in [1.82, 2.24) is 14.5 Å². The van der Waals surface area contributed by atoms with Crippen LogP contribution in [0.5, 0.6) is 0 Å². The smallest absolute Gasteiger partial charge is 0.325 e. The lowest BCUT2D eigenvalue weighted by atomic mass is 9.99. The number of pyridine rings is 1. The first-order valence-electron chi connectivity index (χ1n) is 9.37. The van der Waals surface area contributed by atoms with Crippen LogP contribution in [-0.2, 0) is 6.54 Å². The maximum Gasteiger partial charge on any atom is 0.325 e. The second kappa shape index (κ2) is 7.04. The Morgan fingerprint density at radius 3 is 2.74 bits per heavy atom. The number of likely N-dealkylation sites (tertiary alicyclic amines) is 1. The van der Waals surface area contributed by atoms with Crippen LogP contribution >= 0.6 is 0 Å². The number of primary amides is 1. The van der Waals surface area contributed by atoms with E-state index in [1.165, 1.54) is 24.6 Å². The monoisotopic (exact) mass is 364 g/mol. The second-order valence-corrected chi connectivity index (χ2v) is 7.50. The lowest BCUT2D eigenvalue weighted by Gasteiger charge is -2.30. The Balaban J connectivity index is 1.63. The quantitative estimate of drug-likeness (QED) is 0.749. The molecule has 6 heteroatoms. The summed E-state index contributed by atoms with van der Waals surface area (Å²) in [5.74, 6) is 0.825. The van der Waals surface area contributed by atoms with E-state index in [0.29, 0.717) is 11.3 Å². The number of rotatable bonds is 3. The van der Waals surface area contributed by atoms with E-state index in [1.807, 2.05) is 6.07 Å². The predicted octanol–water partition coefficient (Wildman–Crippen LogP) is 3.16. The van der Waals surface area contributed by atoms with E-state index < -0.39 is 11.6 Å². The van der Waals surface area contributed by atoms with E-state index in [0.717, 1.165) is 41.0 Å². The lowest BCUT2D eigenvalue weighted by Crippen LogP contribution is -2.32. The molecule has 0 aliphatic carbocycles. The third-order valence-electron chi connectivity index (χ3n) is 5.44. The minimum Gasteiger partial charge on any atom is -0.354 e. The molecule has 0 bridgehead atoms. The molecule has 2 aromatic heterocycles. The molecule has 1 amide bonds. The Morgan fingerprint density at radius 2 is 2.00 bits per heavy atom. The SMILES string of the molecule is CC1CCN(Cc2ccc3[nH]c(-c4cccn(C(N)=O)c4=O)cc3c2)CC1. The fourth-order valence-electron chi connectivity index (χ4n) is 3.78.